The largest absolute Gasteiger partial charge is 0.461 e. The van der Waals surface area contributed by atoms with E-state index in [9.17, 15) is 9.59 Å². The highest BCUT2D eigenvalue weighted by Crippen LogP contribution is 2.22. The molecule has 0 fully saturated rings. The van der Waals surface area contributed by atoms with Crippen LogP contribution in [0.3, 0.4) is 0 Å². The number of carbonyl (C=O) groups excluding carboxylic acids is 2. The van der Waals surface area contributed by atoms with Crippen molar-refractivity contribution in [1.29, 1.82) is 0 Å². The smallest absolute Gasteiger partial charge is 0.151 e. The highest BCUT2D eigenvalue weighted by atomic mass is 16.3. The first-order valence-electron chi connectivity index (χ1n) is 5.73. The average molecular weight is 246 g/mol. The number of nitrogens with zero attached hydrogens (tertiary/aromatic N) is 2. The molecule has 0 N–H and O–H groups in total. The van der Waals surface area contributed by atoms with E-state index in [1.807, 2.05) is 12.1 Å². The fraction of sp³-hybridized carbons (Fsp3) is 0.308. The zero-order chi connectivity index (χ0) is 13.0. The molecule has 5 heteroatoms. The van der Waals surface area contributed by atoms with E-state index < -0.39 is 0 Å². The van der Waals surface area contributed by atoms with Gasteiger partial charge in [0.2, 0.25) is 0 Å². The summed E-state index contributed by atoms with van der Waals surface area (Å²) in [5.41, 5.74) is 0.827. The van der Waals surface area contributed by atoms with Gasteiger partial charge in [-0.15, -0.1) is 0 Å². The number of rotatable bonds is 6. The first kappa shape index (κ1) is 12.3. The molecule has 0 spiro atoms. The maximum absolute atomic E-state index is 11.0. The number of aldehydes is 1. The van der Waals surface area contributed by atoms with Gasteiger partial charge in [-0.05, 0) is 19.1 Å². The van der Waals surface area contributed by atoms with E-state index in [4.69, 9.17) is 4.42 Å². The number of ketones is 1. The van der Waals surface area contributed by atoms with E-state index in [1.165, 1.54) is 6.92 Å². The van der Waals surface area contributed by atoms with Crippen LogP contribution < -0.4 is 0 Å². The fourth-order valence-electron chi connectivity index (χ4n) is 1.67. The maximum atomic E-state index is 11.0. The molecule has 0 atom stereocenters. The van der Waals surface area contributed by atoms with Crippen molar-refractivity contribution in [2.75, 3.05) is 0 Å². The minimum atomic E-state index is 0.0516. The summed E-state index contributed by atoms with van der Waals surface area (Å²) in [5, 5.41) is 4.08. The first-order chi connectivity index (χ1) is 8.69. The second kappa shape index (κ2) is 5.44. The summed E-state index contributed by atoms with van der Waals surface area (Å²) >= 11 is 0. The van der Waals surface area contributed by atoms with Gasteiger partial charge in [0.05, 0.1) is 18.3 Å². The molecule has 0 aliphatic carbocycles. The van der Waals surface area contributed by atoms with Crippen LogP contribution in [0, 0.1) is 0 Å². The number of furan rings is 1. The third-order valence-corrected chi connectivity index (χ3v) is 2.47. The molecule has 94 valence electrons. The lowest BCUT2D eigenvalue weighted by Gasteiger charge is -1.94. The van der Waals surface area contributed by atoms with Crippen LogP contribution >= 0.6 is 0 Å². The summed E-state index contributed by atoms with van der Waals surface area (Å²) in [7, 11) is 0. The van der Waals surface area contributed by atoms with Gasteiger partial charge < -0.3 is 9.21 Å². The Hall–Kier alpha value is -2.17. The Bertz CT molecular complexity index is 554. The average Bonchev–Trinajstić information content (AvgIpc) is 2.94. The first-order valence-corrected chi connectivity index (χ1v) is 5.73. The minimum Gasteiger partial charge on any atom is -0.461 e. The second-order valence-electron chi connectivity index (χ2n) is 4.10. The number of Topliss-reactive ketones (excluding diaryl/α,β-unsaturated/α-hetero) is 1. The van der Waals surface area contributed by atoms with Gasteiger partial charge in [-0.2, -0.15) is 5.10 Å². The third-order valence-electron chi connectivity index (χ3n) is 2.47. The molecule has 0 aliphatic rings. The van der Waals surface area contributed by atoms with Crippen molar-refractivity contribution in [3.8, 4) is 11.3 Å². The number of carbonyl (C=O) groups is 2. The molecule has 0 bridgehead atoms. The van der Waals surface area contributed by atoms with E-state index in [2.05, 4.69) is 5.10 Å². The topological polar surface area (TPSA) is 65.1 Å². The van der Waals surface area contributed by atoms with Crippen LogP contribution in [0.2, 0.25) is 0 Å². The zero-order valence-electron chi connectivity index (χ0n) is 10.1. The molecule has 0 amide bonds. The Kier molecular flexibility index (Phi) is 3.72. The number of aryl methyl sites for hydroxylation is 1. The molecule has 0 saturated carbocycles. The second-order valence-corrected chi connectivity index (χ2v) is 4.10. The normalized spacial score (nSPS) is 10.5. The molecule has 0 aromatic carbocycles. The van der Waals surface area contributed by atoms with Crippen molar-refractivity contribution in [3.63, 3.8) is 0 Å². The van der Waals surface area contributed by atoms with Gasteiger partial charge in [0.15, 0.2) is 5.78 Å². The molecule has 0 radical (unpaired) electrons. The van der Waals surface area contributed by atoms with E-state index in [0.29, 0.717) is 18.6 Å². The third kappa shape index (κ3) is 2.94. The van der Waals surface area contributed by atoms with Crippen LogP contribution in [0.15, 0.2) is 28.9 Å². The van der Waals surface area contributed by atoms with Crippen LogP contribution in [0.5, 0.6) is 0 Å². The van der Waals surface area contributed by atoms with Crippen molar-refractivity contribution in [2.45, 2.75) is 26.3 Å². The molecule has 2 aromatic heterocycles. The molecule has 0 unspecified atom stereocenters. The summed E-state index contributed by atoms with van der Waals surface area (Å²) in [4.78, 5) is 21.2. The molecule has 2 heterocycles. The van der Waals surface area contributed by atoms with Gasteiger partial charge >= 0.3 is 0 Å². The Morgan fingerprint density at radius 1 is 1.50 bits per heavy atom. The van der Waals surface area contributed by atoms with Crippen LogP contribution in [-0.4, -0.2) is 21.8 Å². The summed E-state index contributed by atoms with van der Waals surface area (Å²) in [6, 6.07) is 3.69. The molecule has 0 aliphatic heterocycles. The number of aromatic nitrogens is 2. The van der Waals surface area contributed by atoms with Crippen LogP contribution in [0.4, 0.5) is 0 Å². The molecule has 0 saturated heterocycles. The maximum Gasteiger partial charge on any atom is 0.151 e. The van der Waals surface area contributed by atoms with Gasteiger partial charge in [0.25, 0.3) is 0 Å². The standard InChI is InChI=1S/C13H14N2O3/c1-10(17)8-15-9-11(7-14-15)13-5-4-12(18-13)3-2-6-16/h4-7,9H,2-3,8H2,1H3. The predicted octanol–water partition coefficient (Wildman–Crippen LogP) is 1.86. The Morgan fingerprint density at radius 2 is 2.33 bits per heavy atom. The Morgan fingerprint density at radius 3 is 3.06 bits per heavy atom. The summed E-state index contributed by atoms with van der Waals surface area (Å²) < 4.78 is 7.17. The van der Waals surface area contributed by atoms with Crippen molar-refractivity contribution in [2.24, 2.45) is 0 Å². The van der Waals surface area contributed by atoms with Crippen molar-refractivity contribution < 1.29 is 14.0 Å². The lowest BCUT2D eigenvalue weighted by molar-refractivity contribution is -0.117. The van der Waals surface area contributed by atoms with Crippen molar-refractivity contribution >= 4 is 12.1 Å². The molecular formula is C13H14N2O3. The van der Waals surface area contributed by atoms with E-state index >= 15 is 0 Å². The van der Waals surface area contributed by atoms with E-state index in [0.717, 1.165) is 17.6 Å². The van der Waals surface area contributed by atoms with Gasteiger partial charge in [-0.25, -0.2) is 0 Å². The molecular weight excluding hydrogens is 232 g/mol. The summed E-state index contributed by atoms with van der Waals surface area (Å²) in [5.74, 6) is 1.53. The highest BCUT2D eigenvalue weighted by Gasteiger charge is 2.08. The summed E-state index contributed by atoms with van der Waals surface area (Å²) in [6.45, 7) is 1.78. The number of hydrogen-bond donors (Lipinski definition) is 0. The quantitative estimate of drug-likeness (QED) is 0.730. The van der Waals surface area contributed by atoms with E-state index in [-0.39, 0.29) is 12.3 Å². The minimum absolute atomic E-state index is 0.0516. The van der Waals surface area contributed by atoms with Crippen molar-refractivity contribution in [1.82, 2.24) is 9.78 Å². The fourth-order valence-corrected chi connectivity index (χ4v) is 1.67. The molecule has 18 heavy (non-hydrogen) atoms. The van der Waals surface area contributed by atoms with Gasteiger partial charge in [0.1, 0.15) is 17.8 Å². The molecule has 5 nitrogen and oxygen atoms in total. The highest BCUT2D eigenvalue weighted by molar-refractivity contribution is 5.75. The van der Waals surface area contributed by atoms with E-state index in [1.54, 1.807) is 17.1 Å². The number of hydrogen-bond acceptors (Lipinski definition) is 4. The lowest BCUT2D eigenvalue weighted by Crippen LogP contribution is -2.05. The molecule has 2 aromatic rings. The van der Waals surface area contributed by atoms with Crippen LogP contribution in [0.1, 0.15) is 19.1 Å². The monoisotopic (exact) mass is 246 g/mol. The molecule has 2 rings (SSSR count). The Balaban J connectivity index is 2.10. The van der Waals surface area contributed by atoms with Gasteiger partial charge in [-0.3, -0.25) is 9.48 Å². The van der Waals surface area contributed by atoms with Crippen LogP contribution in [-0.2, 0) is 22.6 Å². The lowest BCUT2D eigenvalue weighted by atomic mass is 10.2. The van der Waals surface area contributed by atoms with Gasteiger partial charge in [-0.1, -0.05) is 0 Å². The SMILES string of the molecule is CC(=O)Cn1cc(-c2ccc(CCC=O)o2)cn1. The van der Waals surface area contributed by atoms with Gasteiger partial charge in [0, 0.05) is 19.0 Å². The predicted molar refractivity (Wildman–Crippen MR) is 65.0 cm³/mol. The van der Waals surface area contributed by atoms with Crippen LogP contribution in [0.25, 0.3) is 11.3 Å². The zero-order valence-corrected chi connectivity index (χ0v) is 10.1. The Labute approximate surface area is 104 Å². The summed E-state index contributed by atoms with van der Waals surface area (Å²) in [6.07, 6.45) is 5.35. The van der Waals surface area contributed by atoms with Crippen molar-refractivity contribution in [3.05, 3.63) is 30.3 Å².